The third-order valence-corrected chi connectivity index (χ3v) is 9.77. The number of unbranched alkanes of at least 4 members (excludes halogenated alkanes) is 24. The van der Waals surface area contributed by atoms with Crippen LogP contribution in [0.5, 0.6) is 0 Å². The highest BCUT2D eigenvalue weighted by molar-refractivity contribution is 5.71. The van der Waals surface area contributed by atoms with Crippen LogP contribution < -0.4 is 0 Å². The van der Waals surface area contributed by atoms with Crippen molar-refractivity contribution in [2.24, 2.45) is 0 Å². The van der Waals surface area contributed by atoms with Crippen LogP contribution in [0.3, 0.4) is 0 Å². The van der Waals surface area contributed by atoms with E-state index < -0.39 is 24.3 Å². The van der Waals surface area contributed by atoms with Crippen molar-refractivity contribution in [2.75, 3.05) is 47.5 Å². The molecule has 0 radical (unpaired) electrons. The summed E-state index contributed by atoms with van der Waals surface area (Å²) in [6.45, 7) is 4.86. The van der Waals surface area contributed by atoms with Crippen LogP contribution in [-0.4, -0.2) is 87.4 Å². The number of esters is 2. The second-order valence-electron chi connectivity index (χ2n) is 16.4. The number of likely N-dealkylation sites (N-methyl/N-ethyl adjacent to an activating group) is 1. The minimum Gasteiger partial charge on any atom is -0.477 e. The zero-order valence-electron chi connectivity index (χ0n) is 35.9. The summed E-state index contributed by atoms with van der Waals surface area (Å²) in [6.07, 6.45) is 35.5. The van der Waals surface area contributed by atoms with Gasteiger partial charge in [0.15, 0.2) is 6.10 Å². The van der Waals surface area contributed by atoms with E-state index in [1.54, 1.807) is 0 Å². The van der Waals surface area contributed by atoms with E-state index in [2.05, 4.69) is 26.0 Å². The van der Waals surface area contributed by atoms with E-state index in [-0.39, 0.29) is 32.2 Å². The number of ether oxygens (including phenoxy) is 4. The molecule has 0 aromatic rings. The van der Waals surface area contributed by atoms with E-state index in [1.807, 2.05) is 21.1 Å². The fourth-order valence-electron chi connectivity index (χ4n) is 6.24. The highest BCUT2D eigenvalue weighted by Gasteiger charge is 2.25. The molecular weight excluding hydrogens is 682 g/mol. The number of nitrogens with zero attached hydrogens (tertiary/aromatic N) is 1. The first-order valence-corrected chi connectivity index (χ1v) is 22.4. The molecule has 0 rings (SSSR count). The van der Waals surface area contributed by atoms with Gasteiger partial charge >= 0.3 is 17.9 Å². The van der Waals surface area contributed by atoms with Crippen LogP contribution in [0.1, 0.15) is 200 Å². The number of aliphatic carboxylic acids is 1. The van der Waals surface area contributed by atoms with E-state index in [4.69, 9.17) is 18.9 Å². The zero-order valence-corrected chi connectivity index (χ0v) is 35.9. The molecule has 0 aromatic heterocycles. The standard InChI is InChI=1S/C45H85NO8/c1-6-8-10-12-14-16-18-19-20-21-22-23-24-25-26-28-30-32-34-36-43(48)54-41(40-53-45(44(49)50)51-38-37-46(3,4)5)39-52-42(47)35-33-31-29-27-17-15-13-11-9-7-2/h19-20,41,45H,6-18,21-40H2,1-5H3/p+1/b20-19-. The molecule has 0 fully saturated rings. The van der Waals surface area contributed by atoms with Gasteiger partial charge in [0.2, 0.25) is 0 Å². The number of hydrogen-bond acceptors (Lipinski definition) is 7. The van der Waals surface area contributed by atoms with Crippen LogP contribution in [0, 0.1) is 0 Å². The summed E-state index contributed by atoms with van der Waals surface area (Å²) < 4.78 is 22.7. The van der Waals surface area contributed by atoms with Gasteiger partial charge in [0.05, 0.1) is 34.4 Å². The normalized spacial score (nSPS) is 13.0. The number of carbonyl (C=O) groups excluding carboxylic acids is 2. The molecule has 1 N–H and O–H groups in total. The molecule has 54 heavy (non-hydrogen) atoms. The monoisotopic (exact) mass is 769 g/mol. The van der Waals surface area contributed by atoms with E-state index in [1.165, 1.54) is 135 Å². The minimum atomic E-state index is -1.50. The smallest absolute Gasteiger partial charge is 0.361 e. The molecule has 0 bridgehead atoms. The summed E-state index contributed by atoms with van der Waals surface area (Å²) >= 11 is 0. The first-order chi connectivity index (χ1) is 26.1. The van der Waals surface area contributed by atoms with Gasteiger partial charge in [-0.2, -0.15) is 0 Å². The molecule has 0 spiro atoms. The molecule has 0 heterocycles. The van der Waals surface area contributed by atoms with E-state index in [0.29, 0.717) is 17.4 Å². The van der Waals surface area contributed by atoms with Crippen LogP contribution in [0.25, 0.3) is 0 Å². The van der Waals surface area contributed by atoms with Crippen molar-refractivity contribution in [2.45, 2.75) is 212 Å². The maximum Gasteiger partial charge on any atom is 0.361 e. The maximum atomic E-state index is 12.7. The molecule has 0 aliphatic rings. The fourth-order valence-corrected chi connectivity index (χ4v) is 6.24. The minimum absolute atomic E-state index is 0.178. The van der Waals surface area contributed by atoms with Gasteiger partial charge in [0.1, 0.15) is 13.2 Å². The Kier molecular flexibility index (Phi) is 36.5. The largest absolute Gasteiger partial charge is 0.477 e. The lowest BCUT2D eigenvalue weighted by Crippen LogP contribution is -2.40. The van der Waals surface area contributed by atoms with Crippen molar-refractivity contribution in [1.82, 2.24) is 0 Å². The second kappa shape index (κ2) is 37.9. The van der Waals surface area contributed by atoms with Gasteiger partial charge in [-0.25, -0.2) is 4.79 Å². The van der Waals surface area contributed by atoms with Gasteiger partial charge in [0, 0.05) is 12.8 Å². The van der Waals surface area contributed by atoms with Crippen molar-refractivity contribution in [3.05, 3.63) is 12.2 Å². The lowest BCUT2D eigenvalue weighted by molar-refractivity contribution is -0.870. The predicted octanol–water partition coefficient (Wildman–Crippen LogP) is 11.5. The highest BCUT2D eigenvalue weighted by atomic mass is 16.7. The zero-order chi connectivity index (χ0) is 40.0. The van der Waals surface area contributed by atoms with Gasteiger partial charge in [-0.1, -0.05) is 161 Å². The fraction of sp³-hybridized carbons (Fsp3) is 0.889. The Balaban J connectivity index is 4.37. The van der Waals surface area contributed by atoms with Crippen LogP contribution >= 0.6 is 0 Å². The Labute approximate surface area is 332 Å². The average Bonchev–Trinajstić information content (AvgIpc) is 3.12. The van der Waals surface area contributed by atoms with Crippen LogP contribution in [0.4, 0.5) is 0 Å². The van der Waals surface area contributed by atoms with Gasteiger partial charge in [0.25, 0.3) is 6.29 Å². The Morgan fingerprint density at radius 3 is 1.37 bits per heavy atom. The lowest BCUT2D eigenvalue weighted by atomic mass is 10.1. The Morgan fingerprint density at radius 2 is 0.944 bits per heavy atom. The molecule has 0 aliphatic carbocycles. The van der Waals surface area contributed by atoms with Gasteiger partial charge in [-0.3, -0.25) is 9.59 Å². The summed E-state index contributed by atoms with van der Waals surface area (Å²) in [7, 11) is 5.95. The van der Waals surface area contributed by atoms with Crippen molar-refractivity contribution in [3.8, 4) is 0 Å². The van der Waals surface area contributed by atoms with E-state index >= 15 is 0 Å². The molecule has 0 saturated carbocycles. The molecule has 0 saturated heterocycles. The summed E-state index contributed by atoms with van der Waals surface area (Å²) in [5.74, 6) is -2.00. The first-order valence-electron chi connectivity index (χ1n) is 22.4. The number of carboxylic acids is 1. The number of rotatable bonds is 41. The third kappa shape index (κ3) is 38.3. The molecule has 318 valence electrons. The topological polar surface area (TPSA) is 108 Å². The van der Waals surface area contributed by atoms with Gasteiger partial charge in [-0.05, 0) is 38.5 Å². The number of allylic oxidation sites excluding steroid dienone is 2. The Hall–Kier alpha value is -1.97. The molecule has 0 amide bonds. The SMILES string of the molecule is CCCCCCCC/C=C\CCCCCCCCCCCC(=O)OC(COC(=O)CCCCCCCCCCCC)COC(OCC[N+](C)(C)C)C(=O)O. The maximum absolute atomic E-state index is 12.7. The lowest BCUT2D eigenvalue weighted by Gasteiger charge is -2.25. The molecule has 2 unspecified atom stereocenters. The third-order valence-electron chi connectivity index (χ3n) is 9.77. The van der Waals surface area contributed by atoms with Crippen molar-refractivity contribution < 1.29 is 42.9 Å². The number of carboxylic acid groups (broad SMARTS) is 1. The van der Waals surface area contributed by atoms with Crippen molar-refractivity contribution in [3.63, 3.8) is 0 Å². The second-order valence-corrected chi connectivity index (χ2v) is 16.4. The summed E-state index contributed by atoms with van der Waals surface area (Å²) in [5.41, 5.74) is 0. The Morgan fingerprint density at radius 1 is 0.537 bits per heavy atom. The molecule has 0 aromatic carbocycles. The number of carbonyl (C=O) groups is 3. The molecule has 2 atom stereocenters. The predicted molar refractivity (Wildman–Crippen MR) is 221 cm³/mol. The molecule has 9 heteroatoms. The van der Waals surface area contributed by atoms with Gasteiger partial charge in [-0.15, -0.1) is 0 Å². The van der Waals surface area contributed by atoms with Crippen LogP contribution in [-0.2, 0) is 33.3 Å². The van der Waals surface area contributed by atoms with Crippen LogP contribution in [0.2, 0.25) is 0 Å². The molecular formula is C45H86NO8+. The average molecular weight is 769 g/mol. The first kappa shape index (κ1) is 52.0. The van der Waals surface area contributed by atoms with Gasteiger partial charge < -0.3 is 28.5 Å². The molecule has 0 aliphatic heterocycles. The van der Waals surface area contributed by atoms with E-state index in [0.717, 1.165) is 38.5 Å². The van der Waals surface area contributed by atoms with Crippen molar-refractivity contribution >= 4 is 17.9 Å². The quantitative estimate of drug-likeness (QED) is 0.0215. The van der Waals surface area contributed by atoms with E-state index in [9.17, 15) is 19.5 Å². The Bertz CT molecular complexity index is 903. The number of hydrogen-bond donors (Lipinski definition) is 1. The number of quaternary nitrogens is 1. The summed E-state index contributed by atoms with van der Waals surface area (Å²) in [6, 6.07) is 0. The summed E-state index contributed by atoms with van der Waals surface area (Å²) in [4.78, 5) is 37.0. The van der Waals surface area contributed by atoms with Crippen LogP contribution in [0.15, 0.2) is 12.2 Å². The summed E-state index contributed by atoms with van der Waals surface area (Å²) in [5, 5.41) is 9.61. The molecule has 9 nitrogen and oxygen atoms in total. The highest BCUT2D eigenvalue weighted by Crippen LogP contribution is 2.15. The van der Waals surface area contributed by atoms with Crippen molar-refractivity contribution in [1.29, 1.82) is 0 Å².